The highest BCUT2D eigenvalue weighted by Gasteiger charge is 2.17. The molecule has 0 radical (unpaired) electrons. The van der Waals surface area contributed by atoms with Crippen molar-refractivity contribution in [1.29, 1.82) is 0 Å². The van der Waals surface area contributed by atoms with Crippen molar-refractivity contribution in [3.63, 3.8) is 0 Å². The summed E-state index contributed by atoms with van der Waals surface area (Å²) in [6, 6.07) is 20.0. The maximum absolute atomic E-state index is 13.2. The molecule has 1 N–H and O–H groups in total. The molecule has 3 aromatic heterocycles. The van der Waals surface area contributed by atoms with E-state index in [1.54, 1.807) is 36.7 Å². The molecule has 5 aromatic rings. The molecule has 0 bridgehead atoms. The number of anilines is 1. The lowest BCUT2D eigenvalue weighted by Crippen LogP contribution is -2.18. The number of aryl methyl sites for hydroxylation is 1. The molecule has 3 heterocycles. The Balaban J connectivity index is 0.000000342. The molecule has 10 heteroatoms. The quantitative estimate of drug-likeness (QED) is 0.140. The van der Waals surface area contributed by atoms with E-state index < -0.39 is 0 Å². The second kappa shape index (κ2) is 12.6. The Hall–Kier alpha value is -3.50. The molecular weight excluding hydrogens is 518 g/mol. The zero-order valence-electron chi connectivity index (χ0n) is 19.8. The monoisotopic (exact) mass is 540 g/mol. The first-order chi connectivity index (χ1) is 17.9. The van der Waals surface area contributed by atoms with Gasteiger partial charge in [-0.2, -0.15) is 4.47 Å². The fraction of sp³-hybridized carbons (Fsp3) is 0.111. The lowest BCUT2D eigenvalue weighted by molar-refractivity contribution is 0.107. The van der Waals surface area contributed by atoms with Crippen LogP contribution in [-0.4, -0.2) is 32.7 Å². The summed E-state index contributed by atoms with van der Waals surface area (Å²) in [6.45, 7) is 1.82. The Morgan fingerprint density at radius 2 is 1.68 bits per heavy atom. The highest BCUT2D eigenvalue weighted by molar-refractivity contribution is 8.00. The van der Waals surface area contributed by atoms with Crippen LogP contribution in [0.1, 0.15) is 5.56 Å². The van der Waals surface area contributed by atoms with E-state index >= 15 is 0 Å². The molecule has 5 rings (SSSR count). The number of benzene rings is 2. The Morgan fingerprint density at radius 3 is 2.35 bits per heavy atom. The molecular formula is C27H23ClF2N4O2S. The van der Waals surface area contributed by atoms with Crippen LogP contribution < -0.4 is 4.47 Å². The lowest BCUT2D eigenvalue weighted by atomic mass is 10.2. The van der Waals surface area contributed by atoms with E-state index in [0.29, 0.717) is 5.69 Å². The number of pyridine rings is 2. The van der Waals surface area contributed by atoms with Gasteiger partial charge in [0.15, 0.2) is 5.15 Å². The van der Waals surface area contributed by atoms with Crippen LogP contribution in [0.5, 0.6) is 0 Å². The molecule has 0 unspecified atom stereocenters. The minimum atomic E-state index is -0.327. The molecule has 0 aliphatic heterocycles. The summed E-state index contributed by atoms with van der Waals surface area (Å²) < 4.78 is 28.7. The molecule has 0 saturated carbocycles. The van der Waals surface area contributed by atoms with Gasteiger partial charge < -0.3 is 5.11 Å². The van der Waals surface area contributed by atoms with Crippen LogP contribution in [0.15, 0.2) is 96.3 Å². The van der Waals surface area contributed by atoms with Gasteiger partial charge in [-0.05, 0) is 61.5 Å². The molecule has 6 nitrogen and oxygen atoms in total. The SMILES string of the molecule is Cc1ccc(F)cc1.OCCON(Sc1ccc(F)cc1)c1cc(-c2cnc3ccccn23)cnc1Cl. The molecule has 2 aromatic carbocycles. The van der Waals surface area contributed by atoms with E-state index in [4.69, 9.17) is 16.4 Å². The highest BCUT2D eigenvalue weighted by Crippen LogP contribution is 2.36. The largest absolute Gasteiger partial charge is 0.394 e. The van der Waals surface area contributed by atoms with Crippen molar-refractivity contribution in [3.8, 4) is 11.3 Å². The average molecular weight is 541 g/mol. The highest BCUT2D eigenvalue weighted by atomic mass is 35.5. The summed E-state index contributed by atoms with van der Waals surface area (Å²) in [5.74, 6) is -0.498. The summed E-state index contributed by atoms with van der Waals surface area (Å²) in [7, 11) is 0. The Morgan fingerprint density at radius 1 is 0.973 bits per heavy atom. The van der Waals surface area contributed by atoms with E-state index in [9.17, 15) is 13.9 Å². The third-order valence-corrected chi connectivity index (χ3v) is 6.28. The Bertz CT molecular complexity index is 1430. The molecule has 0 atom stereocenters. The van der Waals surface area contributed by atoms with Gasteiger partial charge >= 0.3 is 0 Å². The van der Waals surface area contributed by atoms with Crippen molar-refractivity contribution < 1.29 is 18.7 Å². The molecule has 37 heavy (non-hydrogen) atoms. The van der Waals surface area contributed by atoms with Crippen molar-refractivity contribution >= 4 is 34.9 Å². The lowest BCUT2D eigenvalue weighted by Gasteiger charge is -2.23. The summed E-state index contributed by atoms with van der Waals surface area (Å²) in [5.41, 5.74) is 4.04. The molecule has 0 saturated heterocycles. The van der Waals surface area contributed by atoms with Gasteiger partial charge in [0.2, 0.25) is 0 Å². The maximum atomic E-state index is 13.2. The Labute approximate surface area is 222 Å². The predicted octanol–water partition coefficient (Wildman–Crippen LogP) is 6.76. The van der Waals surface area contributed by atoms with E-state index in [0.717, 1.165) is 27.4 Å². The fourth-order valence-corrected chi connectivity index (χ4v) is 4.29. The summed E-state index contributed by atoms with van der Waals surface area (Å²) >= 11 is 7.55. The normalized spacial score (nSPS) is 10.7. The summed E-state index contributed by atoms with van der Waals surface area (Å²) in [4.78, 5) is 15.1. The van der Waals surface area contributed by atoms with Crippen LogP contribution in [0.3, 0.4) is 0 Å². The molecule has 0 aliphatic carbocycles. The zero-order valence-corrected chi connectivity index (χ0v) is 21.3. The van der Waals surface area contributed by atoms with Crippen molar-refractivity contribution in [2.24, 2.45) is 0 Å². The zero-order chi connectivity index (χ0) is 26.2. The van der Waals surface area contributed by atoms with Gasteiger partial charge in [-0.25, -0.2) is 18.7 Å². The number of halogens is 3. The topological polar surface area (TPSA) is 62.9 Å². The first-order valence-electron chi connectivity index (χ1n) is 11.2. The van der Waals surface area contributed by atoms with E-state index in [-0.39, 0.29) is 30.0 Å². The van der Waals surface area contributed by atoms with E-state index in [1.165, 1.54) is 40.7 Å². The minimum Gasteiger partial charge on any atom is -0.394 e. The number of aliphatic hydroxyl groups is 1. The number of fused-ring (bicyclic) bond motifs is 1. The second-order valence-electron chi connectivity index (χ2n) is 7.76. The van der Waals surface area contributed by atoms with Crippen LogP contribution >= 0.6 is 23.5 Å². The fourth-order valence-electron chi connectivity index (χ4n) is 3.24. The van der Waals surface area contributed by atoms with Gasteiger partial charge in [0, 0.05) is 34.8 Å². The van der Waals surface area contributed by atoms with Crippen LogP contribution in [0.2, 0.25) is 5.15 Å². The van der Waals surface area contributed by atoms with Gasteiger partial charge in [0.25, 0.3) is 0 Å². The van der Waals surface area contributed by atoms with Crippen LogP contribution in [0.4, 0.5) is 14.5 Å². The van der Waals surface area contributed by atoms with Gasteiger partial charge in [-0.1, -0.05) is 35.4 Å². The second-order valence-corrected chi connectivity index (χ2v) is 9.10. The first kappa shape index (κ1) is 26.6. The number of nitrogens with zero attached hydrogens (tertiary/aromatic N) is 4. The van der Waals surface area contributed by atoms with E-state index in [1.807, 2.05) is 41.8 Å². The van der Waals surface area contributed by atoms with Gasteiger partial charge in [0.05, 0.1) is 25.1 Å². The molecule has 0 aliphatic rings. The van der Waals surface area contributed by atoms with Gasteiger partial charge in [-0.15, -0.1) is 0 Å². The van der Waals surface area contributed by atoms with Gasteiger partial charge in [-0.3, -0.25) is 9.24 Å². The number of hydrogen-bond donors (Lipinski definition) is 1. The number of hydrogen-bond acceptors (Lipinski definition) is 6. The third-order valence-electron chi connectivity index (χ3n) is 5.04. The smallest absolute Gasteiger partial charge is 0.155 e. The van der Waals surface area contributed by atoms with Crippen LogP contribution in [0.25, 0.3) is 16.9 Å². The van der Waals surface area contributed by atoms with Crippen LogP contribution in [0, 0.1) is 18.6 Å². The third kappa shape index (κ3) is 7.05. The van der Waals surface area contributed by atoms with Crippen molar-refractivity contribution in [1.82, 2.24) is 14.4 Å². The molecule has 0 spiro atoms. The molecule has 0 fully saturated rings. The van der Waals surface area contributed by atoms with Crippen molar-refractivity contribution in [2.45, 2.75) is 11.8 Å². The first-order valence-corrected chi connectivity index (χ1v) is 12.4. The van der Waals surface area contributed by atoms with Crippen molar-refractivity contribution in [3.05, 3.63) is 114 Å². The number of rotatable bonds is 7. The standard InChI is InChI=1S/C20H16ClFN4O2S.C7H7F/c21-20-17(26(28-10-9-27)29-16-6-4-15(22)5-7-16)11-14(12-24-20)18-13-23-19-3-1-2-8-25(18)19;1-6-2-4-7(8)5-3-6/h1-8,11-13,27H,9-10H2;2-5H,1H3. The number of aliphatic hydroxyl groups excluding tert-OH is 1. The number of aromatic nitrogens is 3. The van der Waals surface area contributed by atoms with E-state index in [2.05, 4.69) is 9.97 Å². The van der Waals surface area contributed by atoms with Crippen LogP contribution in [-0.2, 0) is 4.84 Å². The molecule has 0 amide bonds. The predicted molar refractivity (Wildman–Crippen MR) is 142 cm³/mol. The van der Waals surface area contributed by atoms with Gasteiger partial charge in [0.1, 0.15) is 23.0 Å². The Kier molecular flexibility index (Phi) is 9.08. The van der Waals surface area contributed by atoms with Crippen molar-refractivity contribution in [2.75, 3.05) is 17.7 Å². The number of imidazole rings is 1. The summed E-state index contributed by atoms with van der Waals surface area (Å²) in [5, 5.41) is 9.42. The molecule has 190 valence electrons. The average Bonchev–Trinajstić information content (AvgIpc) is 3.34. The maximum Gasteiger partial charge on any atom is 0.155 e. The summed E-state index contributed by atoms with van der Waals surface area (Å²) in [6.07, 6.45) is 5.34. The minimum absolute atomic E-state index is 0.0599.